The van der Waals surface area contributed by atoms with Gasteiger partial charge in [-0.2, -0.15) is 0 Å². The summed E-state index contributed by atoms with van der Waals surface area (Å²) in [6.45, 7) is 5.35. The van der Waals surface area contributed by atoms with E-state index in [1.165, 1.54) is 38.5 Å². The van der Waals surface area contributed by atoms with Gasteiger partial charge in [0.15, 0.2) is 0 Å². The van der Waals surface area contributed by atoms with Gasteiger partial charge in [0.1, 0.15) is 0 Å². The van der Waals surface area contributed by atoms with Crippen LogP contribution in [-0.2, 0) is 6.42 Å². The predicted molar refractivity (Wildman–Crippen MR) is 103 cm³/mol. The first kappa shape index (κ1) is 20.4. The molecule has 1 aromatic carbocycles. The van der Waals surface area contributed by atoms with Gasteiger partial charge in [0.25, 0.3) is 0 Å². The number of rotatable bonds is 11. The highest BCUT2D eigenvalue weighted by molar-refractivity contribution is 5.85. The Labute approximate surface area is 148 Å². The lowest BCUT2D eigenvalue weighted by molar-refractivity contribution is 0.495. The average molecular weight is 340 g/mol. The van der Waals surface area contributed by atoms with E-state index < -0.39 is 0 Å². The number of nitrogens with two attached hydrogens (primary N) is 1. The minimum absolute atomic E-state index is 0. The zero-order chi connectivity index (χ0) is 15.5. The number of benzene rings is 1. The summed E-state index contributed by atoms with van der Waals surface area (Å²) in [5, 5.41) is 7.15. The number of nitrogens with one attached hydrogen (secondary N) is 2. The van der Waals surface area contributed by atoms with E-state index >= 15 is 0 Å². The summed E-state index contributed by atoms with van der Waals surface area (Å²) in [7, 11) is 0. The van der Waals surface area contributed by atoms with Crippen LogP contribution in [0, 0.1) is 0 Å². The summed E-state index contributed by atoms with van der Waals surface area (Å²) >= 11 is 0. The van der Waals surface area contributed by atoms with Crippen LogP contribution in [0.25, 0.3) is 0 Å². The van der Waals surface area contributed by atoms with Crippen LogP contribution in [0.15, 0.2) is 24.3 Å². The SMILES string of the molecule is Cl.NCCCCNCCCCNCC1CCCc2ccccc21. The van der Waals surface area contributed by atoms with Crippen molar-refractivity contribution in [2.45, 2.75) is 50.9 Å². The van der Waals surface area contributed by atoms with Gasteiger partial charge in [0.2, 0.25) is 0 Å². The zero-order valence-corrected chi connectivity index (χ0v) is 15.2. The first-order valence-corrected chi connectivity index (χ1v) is 9.11. The Balaban J connectivity index is 0.00000264. The van der Waals surface area contributed by atoms with Crippen LogP contribution >= 0.6 is 12.4 Å². The van der Waals surface area contributed by atoms with Crippen molar-refractivity contribution < 1.29 is 0 Å². The Hall–Kier alpha value is -0.610. The fourth-order valence-electron chi connectivity index (χ4n) is 3.36. The molecule has 0 saturated carbocycles. The van der Waals surface area contributed by atoms with Gasteiger partial charge in [-0.1, -0.05) is 24.3 Å². The van der Waals surface area contributed by atoms with Crippen LogP contribution in [0.2, 0.25) is 0 Å². The third-order valence-corrected chi connectivity index (χ3v) is 4.65. The summed E-state index contributed by atoms with van der Waals surface area (Å²) in [4.78, 5) is 0. The molecule has 0 spiro atoms. The Bertz CT molecular complexity index is 411. The number of fused-ring (bicyclic) bond motifs is 1. The Morgan fingerprint density at radius 2 is 1.65 bits per heavy atom. The zero-order valence-electron chi connectivity index (χ0n) is 14.4. The first-order valence-electron chi connectivity index (χ1n) is 9.11. The third-order valence-electron chi connectivity index (χ3n) is 4.65. The fraction of sp³-hybridized carbons (Fsp3) is 0.684. The van der Waals surface area contributed by atoms with Crippen LogP contribution in [0.4, 0.5) is 0 Å². The number of halogens is 1. The molecule has 0 amide bonds. The molecule has 4 heteroatoms. The van der Waals surface area contributed by atoms with E-state index in [0.29, 0.717) is 0 Å². The molecule has 0 bridgehead atoms. The molecule has 1 aromatic rings. The third kappa shape index (κ3) is 7.67. The van der Waals surface area contributed by atoms with E-state index in [1.54, 1.807) is 11.1 Å². The molecule has 1 atom stereocenters. The van der Waals surface area contributed by atoms with Crippen molar-refractivity contribution in [2.75, 3.05) is 32.7 Å². The lowest BCUT2D eigenvalue weighted by atomic mass is 9.83. The molecular formula is C19H34ClN3. The molecule has 0 fully saturated rings. The minimum Gasteiger partial charge on any atom is -0.330 e. The average Bonchev–Trinajstić information content (AvgIpc) is 2.56. The maximum Gasteiger partial charge on any atom is 0.00202 e. The van der Waals surface area contributed by atoms with Gasteiger partial charge in [-0.3, -0.25) is 0 Å². The Kier molecular flexibility index (Phi) is 11.3. The predicted octanol–water partition coefficient (Wildman–Crippen LogP) is 3.23. The molecule has 0 heterocycles. The molecule has 132 valence electrons. The van der Waals surface area contributed by atoms with Gasteiger partial charge in [-0.15, -0.1) is 12.4 Å². The largest absolute Gasteiger partial charge is 0.330 e. The highest BCUT2D eigenvalue weighted by Gasteiger charge is 2.18. The first-order chi connectivity index (χ1) is 10.9. The highest BCUT2D eigenvalue weighted by Crippen LogP contribution is 2.30. The van der Waals surface area contributed by atoms with E-state index in [1.807, 2.05) is 0 Å². The maximum absolute atomic E-state index is 5.48. The van der Waals surface area contributed by atoms with Crippen molar-refractivity contribution in [3.05, 3.63) is 35.4 Å². The molecule has 0 saturated heterocycles. The summed E-state index contributed by atoms with van der Waals surface area (Å²) in [5.41, 5.74) is 8.64. The molecule has 0 aromatic heterocycles. The topological polar surface area (TPSA) is 50.1 Å². The molecule has 2 rings (SSSR count). The van der Waals surface area contributed by atoms with Crippen LogP contribution in [-0.4, -0.2) is 32.7 Å². The summed E-state index contributed by atoms with van der Waals surface area (Å²) < 4.78 is 0. The molecule has 4 N–H and O–H groups in total. The number of hydrogen-bond acceptors (Lipinski definition) is 3. The second-order valence-corrected chi connectivity index (χ2v) is 6.44. The number of unbranched alkanes of at least 4 members (excludes halogenated alkanes) is 2. The highest BCUT2D eigenvalue weighted by atomic mass is 35.5. The standard InChI is InChI=1S/C19H33N3.ClH/c20-12-3-4-13-21-14-5-6-15-22-16-18-10-7-9-17-8-1-2-11-19(17)18;/h1-2,8,11,18,21-22H,3-7,9-10,12-16,20H2;1H. The van der Waals surface area contributed by atoms with Crippen LogP contribution < -0.4 is 16.4 Å². The van der Waals surface area contributed by atoms with E-state index in [-0.39, 0.29) is 12.4 Å². The monoisotopic (exact) mass is 339 g/mol. The van der Waals surface area contributed by atoms with Crippen LogP contribution in [0.3, 0.4) is 0 Å². The molecule has 23 heavy (non-hydrogen) atoms. The van der Waals surface area contributed by atoms with E-state index in [9.17, 15) is 0 Å². The normalized spacial score (nSPS) is 16.7. The van der Waals surface area contributed by atoms with E-state index in [0.717, 1.165) is 45.1 Å². The molecule has 1 aliphatic carbocycles. The van der Waals surface area contributed by atoms with Gasteiger partial charge in [-0.25, -0.2) is 0 Å². The van der Waals surface area contributed by atoms with Gasteiger partial charge >= 0.3 is 0 Å². The lowest BCUT2D eigenvalue weighted by Gasteiger charge is -2.25. The number of hydrogen-bond donors (Lipinski definition) is 3. The second-order valence-electron chi connectivity index (χ2n) is 6.44. The van der Waals surface area contributed by atoms with Crippen molar-refractivity contribution in [3.8, 4) is 0 Å². The van der Waals surface area contributed by atoms with Gasteiger partial charge < -0.3 is 16.4 Å². The van der Waals surface area contributed by atoms with Crippen molar-refractivity contribution in [2.24, 2.45) is 5.73 Å². The molecule has 3 nitrogen and oxygen atoms in total. The summed E-state index contributed by atoms with van der Waals surface area (Å²) in [5.74, 6) is 0.722. The van der Waals surface area contributed by atoms with Crippen molar-refractivity contribution >= 4 is 12.4 Å². The summed E-state index contributed by atoms with van der Waals surface area (Å²) in [6, 6.07) is 8.99. The van der Waals surface area contributed by atoms with Crippen molar-refractivity contribution in [3.63, 3.8) is 0 Å². The Morgan fingerprint density at radius 3 is 2.43 bits per heavy atom. The molecule has 1 aliphatic rings. The summed E-state index contributed by atoms with van der Waals surface area (Å²) in [6.07, 6.45) is 8.81. The minimum atomic E-state index is 0. The molecule has 1 unspecified atom stereocenters. The van der Waals surface area contributed by atoms with E-state index in [2.05, 4.69) is 34.9 Å². The lowest BCUT2D eigenvalue weighted by Crippen LogP contribution is -2.26. The molecule has 0 aliphatic heterocycles. The smallest absolute Gasteiger partial charge is 0.00202 e. The van der Waals surface area contributed by atoms with Gasteiger partial charge in [0, 0.05) is 6.54 Å². The van der Waals surface area contributed by atoms with Crippen molar-refractivity contribution in [1.29, 1.82) is 0 Å². The van der Waals surface area contributed by atoms with Crippen molar-refractivity contribution in [1.82, 2.24) is 10.6 Å². The van der Waals surface area contributed by atoms with Gasteiger partial charge in [-0.05, 0) is 88.2 Å². The van der Waals surface area contributed by atoms with Gasteiger partial charge in [0.05, 0.1) is 0 Å². The fourth-order valence-corrected chi connectivity index (χ4v) is 3.36. The molecule has 0 radical (unpaired) electrons. The quantitative estimate of drug-likeness (QED) is 0.542. The maximum atomic E-state index is 5.48. The second kappa shape index (κ2) is 12.8. The van der Waals surface area contributed by atoms with E-state index in [4.69, 9.17) is 5.73 Å². The van der Waals surface area contributed by atoms with Crippen LogP contribution in [0.1, 0.15) is 55.6 Å². The number of aryl methyl sites for hydroxylation is 1. The Morgan fingerprint density at radius 1 is 0.957 bits per heavy atom. The van der Waals surface area contributed by atoms with Crippen LogP contribution in [0.5, 0.6) is 0 Å². The molecular weight excluding hydrogens is 306 g/mol.